The lowest BCUT2D eigenvalue weighted by Gasteiger charge is -2.20. The lowest BCUT2D eigenvalue weighted by atomic mass is 10.2. The topological polar surface area (TPSA) is 81.3 Å². The summed E-state index contributed by atoms with van der Waals surface area (Å²) in [6.45, 7) is 4.23. The molecule has 0 saturated heterocycles. The normalized spacial score (nSPS) is 12.4. The van der Waals surface area contributed by atoms with Crippen LogP contribution in [0.2, 0.25) is 0 Å². The summed E-state index contributed by atoms with van der Waals surface area (Å²) in [5.41, 5.74) is 2.83. The van der Waals surface area contributed by atoms with Crippen molar-refractivity contribution in [3.05, 3.63) is 76.5 Å². The molecule has 0 fully saturated rings. The van der Waals surface area contributed by atoms with Gasteiger partial charge in [-0.15, -0.1) is 0 Å². The summed E-state index contributed by atoms with van der Waals surface area (Å²) < 4.78 is 3.80. The Labute approximate surface area is 161 Å². The summed E-state index contributed by atoms with van der Waals surface area (Å²) in [4.78, 5) is 33.3. The summed E-state index contributed by atoms with van der Waals surface area (Å²) in [5, 5.41) is 3.85. The third kappa shape index (κ3) is 3.05. The van der Waals surface area contributed by atoms with Crippen LogP contribution in [0.4, 0.5) is 0 Å². The van der Waals surface area contributed by atoms with Crippen LogP contribution in [0.15, 0.2) is 59.7 Å². The number of hydrogen-bond acceptors (Lipinski definition) is 4. The molecule has 0 aliphatic rings. The first-order chi connectivity index (χ1) is 13.6. The Kier molecular flexibility index (Phi) is 4.65. The molecule has 7 nitrogen and oxygen atoms in total. The molecular weight excluding hydrogens is 354 g/mol. The molecule has 0 aliphatic carbocycles. The first kappa shape index (κ1) is 17.9. The smallest absolute Gasteiger partial charge is 0.273 e. The summed E-state index contributed by atoms with van der Waals surface area (Å²) in [6.07, 6.45) is 4.04. The van der Waals surface area contributed by atoms with Crippen molar-refractivity contribution in [1.29, 1.82) is 0 Å². The average molecular weight is 375 g/mol. The number of benzene rings is 1. The number of nitrogens with one attached hydrogen (secondary N) is 1. The highest BCUT2D eigenvalue weighted by atomic mass is 16.2. The van der Waals surface area contributed by atoms with Crippen LogP contribution in [0.5, 0.6) is 0 Å². The number of rotatable bonds is 5. The molecule has 1 N–H and O–H groups in total. The molecule has 1 amide bonds. The minimum Gasteiger partial charge on any atom is -0.350 e. The van der Waals surface area contributed by atoms with E-state index >= 15 is 0 Å². The molecule has 142 valence electrons. The van der Waals surface area contributed by atoms with E-state index in [0.717, 1.165) is 22.2 Å². The maximum absolute atomic E-state index is 13.1. The molecule has 3 aromatic heterocycles. The number of fused-ring (bicyclic) bond motifs is 3. The van der Waals surface area contributed by atoms with Crippen molar-refractivity contribution in [2.75, 3.05) is 0 Å². The fourth-order valence-corrected chi connectivity index (χ4v) is 3.59. The van der Waals surface area contributed by atoms with Gasteiger partial charge in [-0.2, -0.15) is 4.98 Å². The number of aromatic nitrogens is 4. The Morgan fingerprint density at radius 1 is 1.21 bits per heavy atom. The number of carbonyl (C=O) groups excluding carboxylic acids is 1. The second kappa shape index (κ2) is 7.26. The molecule has 0 spiro atoms. The summed E-state index contributed by atoms with van der Waals surface area (Å²) in [7, 11) is 0. The van der Waals surface area contributed by atoms with Gasteiger partial charge in [0.05, 0.1) is 5.52 Å². The molecular formula is C21H21N5O2. The highest BCUT2D eigenvalue weighted by molar-refractivity contribution is 5.94. The summed E-state index contributed by atoms with van der Waals surface area (Å²) >= 11 is 0. The summed E-state index contributed by atoms with van der Waals surface area (Å²) in [6, 6.07) is 12.5. The highest BCUT2D eigenvalue weighted by Crippen LogP contribution is 2.26. The third-order valence-electron chi connectivity index (χ3n) is 4.86. The van der Waals surface area contributed by atoms with E-state index in [1.165, 1.54) is 6.07 Å². The zero-order valence-electron chi connectivity index (χ0n) is 15.8. The highest BCUT2D eigenvalue weighted by Gasteiger charge is 2.24. The molecule has 0 aliphatic heterocycles. The van der Waals surface area contributed by atoms with Crippen LogP contribution in [0.3, 0.4) is 0 Å². The largest absolute Gasteiger partial charge is 0.350 e. The molecule has 1 unspecified atom stereocenters. The van der Waals surface area contributed by atoms with Crippen molar-refractivity contribution in [3.63, 3.8) is 0 Å². The molecule has 1 aromatic carbocycles. The van der Waals surface area contributed by atoms with Gasteiger partial charge in [0.15, 0.2) is 5.65 Å². The molecule has 4 aromatic rings. The van der Waals surface area contributed by atoms with E-state index in [1.54, 1.807) is 12.4 Å². The van der Waals surface area contributed by atoms with E-state index < -0.39 is 6.04 Å². The van der Waals surface area contributed by atoms with Gasteiger partial charge in [-0.3, -0.25) is 19.3 Å². The van der Waals surface area contributed by atoms with Gasteiger partial charge in [0.2, 0.25) is 5.91 Å². The lowest BCUT2D eigenvalue weighted by Crippen LogP contribution is -2.34. The Balaban J connectivity index is 1.81. The van der Waals surface area contributed by atoms with E-state index in [0.29, 0.717) is 18.6 Å². The van der Waals surface area contributed by atoms with E-state index in [4.69, 9.17) is 0 Å². The van der Waals surface area contributed by atoms with E-state index in [-0.39, 0.29) is 11.5 Å². The predicted molar refractivity (Wildman–Crippen MR) is 107 cm³/mol. The van der Waals surface area contributed by atoms with Crippen LogP contribution in [0.25, 0.3) is 16.6 Å². The van der Waals surface area contributed by atoms with Gasteiger partial charge >= 0.3 is 0 Å². The van der Waals surface area contributed by atoms with E-state index in [2.05, 4.69) is 15.3 Å². The minimum atomic E-state index is -0.443. The first-order valence-corrected chi connectivity index (χ1v) is 9.26. The first-order valence-electron chi connectivity index (χ1n) is 9.26. The molecule has 0 bridgehead atoms. The Morgan fingerprint density at radius 3 is 2.79 bits per heavy atom. The van der Waals surface area contributed by atoms with E-state index in [9.17, 15) is 9.59 Å². The van der Waals surface area contributed by atoms with Crippen LogP contribution in [0, 0.1) is 6.92 Å². The van der Waals surface area contributed by atoms with Crippen LogP contribution < -0.4 is 10.9 Å². The average Bonchev–Trinajstić information content (AvgIpc) is 3.03. The molecule has 1 atom stereocenters. The van der Waals surface area contributed by atoms with Gasteiger partial charge < -0.3 is 5.32 Å². The van der Waals surface area contributed by atoms with Crippen molar-refractivity contribution in [1.82, 2.24) is 24.5 Å². The van der Waals surface area contributed by atoms with Crippen molar-refractivity contribution in [3.8, 4) is 0 Å². The van der Waals surface area contributed by atoms with Crippen LogP contribution in [-0.2, 0) is 11.3 Å². The maximum atomic E-state index is 13.1. The number of amides is 1. The zero-order chi connectivity index (χ0) is 19.7. The Bertz CT molecular complexity index is 1210. The predicted octanol–water partition coefficient (Wildman–Crippen LogP) is 2.62. The summed E-state index contributed by atoms with van der Waals surface area (Å²) in [5.74, 6) is -0.0906. The molecule has 4 rings (SSSR count). The van der Waals surface area contributed by atoms with Gasteiger partial charge in [-0.1, -0.05) is 25.1 Å². The number of carbonyl (C=O) groups is 1. The Morgan fingerprint density at radius 2 is 2.04 bits per heavy atom. The van der Waals surface area contributed by atoms with Crippen LogP contribution in [0.1, 0.15) is 30.6 Å². The zero-order valence-corrected chi connectivity index (χ0v) is 15.8. The van der Waals surface area contributed by atoms with E-state index in [1.807, 2.05) is 59.4 Å². The lowest BCUT2D eigenvalue weighted by molar-refractivity contribution is -0.124. The molecule has 0 saturated carbocycles. The number of aryl methyl sites for hydroxylation is 1. The molecule has 0 radical (unpaired) electrons. The maximum Gasteiger partial charge on any atom is 0.273 e. The third-order valence-corrected chi connectivity index (χ3v) is 4.86. The van der Waals surface area contributed by atoms with Crippen LogP contribution >= 0.6 is 0 Å². The Hall–Kier alpha value is -3.48. The standard InChI is InChI=1S/C21H21N5O2/c1-3-17(21(28)23-13-15-7-6-10-22-12-15)26-18-9-5-4-8-16(18)20-24-19(27)11-14(2)25(20)26/h4-12,17H,3,13H2,1-2H3,(H,23,28). The number of para-hydroxylation sites is 1. The van der Waals surface area contributed by atoms with Gasteiger partial charge in [-0.25, -0.2) is 4.52 Å². The fourth-order valence-electron chi connectivity index (χ4n) is 3.59. The van der Waals surface area contributed by atoms with Crippen molar-refractivity contribution < 1.29 is 4.79 Å². The van der Waals surface area contributed by atoms with Gasteiger partial charge in [0.25, 0.3) is 5.56 Å². The SMILES string of the molecule is CCC(C(=O)NCc1cccnc1)n1c2ccccc2c2nc(=O)cc(C)n21. The minimum absolute atomic E-state index is 0.0906. The fraction of sp³-hybridized carbons (Fsp3) is 0.238. The van der Waals surface area contributed by atoms with Crippen molar-refractivity contribution >= 4 is 22.5 Å². The monoisotopic (exact) mass is 375 g/mol. The number of hydrogen-bond donors (Lipinski definition) is 1. The second-order valence-corrected chi connectivity index (χ2v) is 6.74. The molecule has 3 heterocycles. The second-order valence-electron chi connectivity index (χ2n) is 6.74. The van der Waals surface area contributed by atoms with Crippen molar-refractivity contribution in [2.24, 2.45) is 0 Å². The van der Waals surface area contributed by atoms with Gasteiger partial charge in [0, 0.05) is 36.1 Å². The van der Waals surface area contributed by atoms with Gasteiger partial charge in [-0.05, 0) is 37.1 Å². The van der Waals surface area contributed by atoms with Crippen LogP contribution in [-0.4, -0.2) is 25.1 Å². The van der Waals surface area contributed by atoms with Crippen molar-refractivity contribution in [2.45, 2.75) is 32.9 Å². The molecule has 7 heteroatoms. The molecule has 28 heavy (non-hydrogen) atoms. The number of pyridine rings is 1. The van der Waals surface area contributed by atoms with Gasteiger partial charge in [0.1, 0.15) is 6.04 Å². The number of nitrogens with zero attached hydrogens (tertiary/aromatic N) is 4. The quantitative estimate of drug-likeness (QED) is 0.581.